The molecule has 3 heteroatoms. The zero-order valence-corrected chi connectivity index (χ0v) is 13.5. The van der Waals surface area contributed by atoms with Crippen LogP contribution < -0.4 is 0 Å². The molecule has 0 saturated carbocycles. The van der Waals surface area contributed by atoms with Crippen LogP contribution in [0.1, 0.15) is 53.9 Å². The molecule has 0 aromatic heterocycles. The third kappa shape index (κ3) is 3.93. The van der Waals surface area contributed by atoms with E-state index in [1.807, 2.05) is 0 Å². The summed E-state index contributed by atoms with van der Waals surface area (Å²) in [6.07, 6.45) is 3.90. The topological polar surface area (TPSA) is 15.7 Å². The van der Waals surface area contributed by atoms with E-state index >= 15 is 0 Å². The predicted octanol–water partition coefficient (Wildman–Crippen LogP) is 2.96. The average molecular weight is 268 g/mol. The van der Waals surface area contributed by atoms with Crippen LogP contribution in [0.25, 0.3) is 0 Å². The van der Waals surface area contributed by atoms with Gasteiger partial charge in [0.05, 0.1) is 6.61 Å². The van der Waals surface area contributed by atoms with Crippen molar-refractivity contribution in [2.75, 3.05) is 32.8 Å². The first-order chi connectivity index (χ1) is 8.79. The Hall–Kier alpha value is -0.120. The minimum atomic E-state index is -0.0561. The number of rotatable bonds is 4. The fraction of sp³-hybridized carbons (Fsp3) is 1.00. The normalized spacial score (nSPS) is 24.5. The highest BCUT2D eigenvalue weighted by Gasteiger charge is 2.33. The highest BCUT2D eigenvalue weighted by molar-refractivity contribution is 4.83. The van der Waals surface area contributed by atoms with Crippen LogP contribution in [0.5, 0.6) is 0 Å². The van der Waals surface area contributed by atoms with Gasteiger partial charge < -0.3 is 4.74 Å². The molecule has 0 aliphatic carbocycles. The van der Waals surface area contributed by atoms with Gasteiger partial charge in [0.15, 0.2) is 0 Å². The standard InChI is InChI=1S/C16H32N2O/c1-15(2,3)17-11-7-14(8-12-17)13-19-16(4,5)18-9-6-10-18/h14H,6-13H2,1-5H3. The van der Waals surface area contributed by atoms with Crippen LogP contribution in [-0.2, 0) is 4.74 Å². The van der Waals surface area contributed by atoms with Crippen molar-refractivity contribution >= 4 is 0 Å². The maximum absolute atomic E-state index is 6.20. The van der Waals surface area contributed by atoms with Crippen LogP contribution in [0, 0.1) is 5.92 Å². The molecule has 0 aromatic rings. The molecule has 2 heterocycles. The fourth-order valence-corrected chi connectivity index (χ4v) is 3.04. The molecule has 19 heavy (non-hydrogen) atoms. The number of ether oxygens (including phenoxy) is 1. The van der Waals surface area contributed by atoms with Gasteiger partial charge in [0, 0.05) is 18.6 Å². The molecule has 0 N–H and O–H groups in total. The second kappa shape index (κ2) is 5.71. The molecule has 0 amide bonds. The second-order valence-corrected chi connectivity index (χ2v) is 7.70. The smallest absolute Gasteiger partial charge is 0.116 e. The molecular formula is C16H32N2O. The number of nitrogens with zero attached hydrogens (tertiary/aromatic N) is 2. The van der Waals surface area contributed by atoms with Crippen LogP contribution in [0.15, 0.2) is 0 Å². The van der Waals surface area contributed by atoms with E-state index in [1.54, 1.807) is 0 Å². The van der Waals surface area contributed by atoms with E-state index in [2.05, 4.69) is 44.4 Å². The first-order valence-electron chi connectivity index (χ1n) is 7.93. The highest BCUT2D eigenvalue weighted by Crippen LogP contribution is 2.27. The van der Waals surface area contributed by atoms with Gasteiger partial charge in [-0.25, -0.2) is 0 Å². The molecule has 2 aliphatic rings. The number of piperidine rings is 1. The molecule has 0 bridgehead atoms. The molecule has 2 saturated heterocycles. The Morgan fingerprint density at radius 3 is 1.89 bits per heavy atom. The summed E-state index contributed by atoms with van der Waals surface area (Å²) < 4.78 is 6.20. The molecule has 0 aromatic carbocycles. The lowest BCUT2D eigenvalue weighted by Gasteiger charge is -2.45. The van der Waals surface area contributed by atoms with Crippen LogP contribution >= 0.6 is 0 Å². The molecule has 0 radical (unpaired) electrons. The first kappa shape index (κ1) is 15.3. The Kier molecular flexibility index (Phi) is 4.59. The molecule has 112 valence electrons. The van der Waals surface area contributed by atoms with E-state index < -0.39 is 0 Å². The highest BCUT2D eigenvalue weighted by atomic mass is 16.5. The Bertz CT molecular complexity index is 284. The summed E-state index contributed by atoms with van der Waals surface area (Å²) in [5, 5.41) is 0. The maximum Gasteiger partial charge on any atom is 0.116 e. The third-order valence-electron chi connectivity index (χ3n) is 4.85. The summed E-state index contributed by atoms with van der Waals surface area (Å²) >= 11 is 0. The van der Waals surface area contributed by atoms with E-state index in [4.69, 9.17) is 4.74 Å². The summed E-state index contributed by atoms with van der Waals surface area (Å²) in [5.74, 6) is 0.749. The van der Waals surface area contributed by atoms with Crippen LogP contribution in [-0.4, -0.2) is 53.8 Å². The molecule has 0 unspecified atom stereocenters. The van der Waals surface area contributed by atoms with Crippen molar-refractivity contribution in [3.8, 4) is 0 Å². The van der Waals surface area contributed by atoms with E-state index in [9.17, 15) is 0 Å². The summed E-state index contributed by atoms with van der Waals surface area (Å²) in [7, 11) is 0. The first-order valence-corrected chi connectivity index (χ1v) is 7.93. The quantitative estimate of drug-likeness (QED) is 0.779. The molecule has 0 spiro atoms. The number of hydrogen-bond acceptors (Lipinski definition) is 3. The largest absolute Gasteiger partial charge is 0.361 e. The molecule has 0 atom stereocenters. The van der Waals surface area contributed by atoms with Crippen LogP contribution in [0.2, 0.25) is 0 Å². The van der Waals surface area contributed by atoms with E-state index in [0.717, 1.165) is 12.5 Å². The molecule has 2 fully saturated rings. The molecule has 2 rings (SSSR count). The number of likely N-dealkylation sites (tertiary alicyclic amines) is 2. The maximum atomic E-state index is 6.20. The van der Waals surface area contributed by atoms with Crippen molar-refractivity contribution in [2.45, 2.75) is 65.1 Å². The van der Waals surface area contributed by atoms with Gasteiger partial charge in [-0.1, -0.05) is 0 Å². The molecular weight excluding hydrogens is 236 g/mol. The molecule has 3 nitrogen and oxygen atoms in total. The van der Waals surface area contributed by atoms with E-state index in [0.29, 0.717) is 5.54 Å². The van der Waals surface area contributed by atoms with E-state index in [1.165, 1.54) is 45.4 Å². The average Bonchev–Trinajstić information content (AvgIpc) is 2.23. The lowest BCUT2D eigenvalue weighted by Crippen LogP contribution is -2.54. The summed E-state index contributed by atoms with van der Waals surface area (Å²) in [6, 6.07) is 0. The minimum absolute atomic E-state index is 0.0561. The SMILES string of the molecule is CC(C)(C)N1CCC(COC(C)(C)N2CCC2)CC1. The minimum Gasteiger partial charge on any atom is -0.361 e. The fourth-order valence-electron chi connectivity index (χ4n) is 3.04. The Labute approximate surface area is 119 Å². The van der Waals surface area contributed by atoms with Gasteiger partial charge in [-0.05, 0) is 72.9 Å². The Morgan fingerprint density at radius 1 is 0.895 bits per heavy atom. The van der Waals surface area contributed by atoms with Gasteiger partial charge in [-0.15, -0.1) is 0 Å². The van der Waals surface area contributed by atoms with Gasteiger partial charge in [0.25, 0.3) is 0 Å². The van der Waals surface area contributed by atoms with Crippen molar-refractivity contribution in [3.63, 3.8) is 0 Å². The monoisotopic (exact) mass is 268 g/mol. The van der Waals surface area contributed by atoms with Gasteiger partial charge in [-0.3, -0.25) is 9.80 Å². The van der Waals surface area contributed by atoms with Gasteiger partial charge >= 0.3 is 0 Å². The van der Waals surface area contributed by atoms with Crippen LogP contribution in [0.3, 0.4) is 0 Å². The van der Waals surface area contributed by atoms with Crippen molar-refractivity contribution in [1.29, 1.82) is 0 Å². The van der Waals surface area contributed by atoms with Gasteiger partial charge in [0.2, 0.25) is 0 Å². The predicted molar refractivity (Wildman–Crippen MR) is 80.3 cm³/mol. The Morgan fingerprint density at radius 2 is 1.47 bits per heavy atom. The van der Waals surface area contributed by atoms with Gasteiger partial charge in [0.1, 0.15) is 5.72 Å². The zero-order valence-electron chi connectivity index (χ0n) is 13.5. The van der Waals surface area contributed by atoms with Crippen molar-refractivity contribution in [2.24, 2.45) is 5.92 Å². The lowest BCUT2D eigenvalue weighted by atomic mass is 9.93. The van der Waals surface area contributed by atoms with Crippen molar-refractivity contribution in [1.82, 2.24) is 9.80 Å². The Balaban J connectivity index is 1.71. The van der Waals surface area contributed by atoms with Gasteiger partial charge in [-0.2, -0.15) is 0 Å². The second-order valence-electron chi connectivity index (χ2n) is 7.70. The number of hydrogen-bond donors (Lipinski definition) is 0. The lowest BCUT2D eigenvalue weighted by molar-refractivity contribution is -0.165. The van der Waals surface area contributed by atoms with Crippen molar-refractivity contribution in [3.05, 3.63) is 0 Å². The summed E-state index contributed by atoms with van der Waals surface area (Å²) in [6.45, 7) is 17.2. The van der Waals surface area contributed by atoms with Crippen LogP contribution in [0.4, 0.5) is 0 Å². The summed E-state index contributed by atoms with van der Waals surface area (Å²) in [4.78, 5) is 5.04. The third-order valence-corrected chi connectivity index (χ3v) is 4.85. The summed E-state index contributed by atoms with van der Waals surface area (Å²) in [5.41, 5.74) is 0.266. The molecule has 2 aliphatic heterocycles. The van der Waals surface area contributed by atoms with E-state index in [-0.39, 0.29) is 5.72 Å². The zero-order chi connectivity index (χ0) is 14.1. The van der Waals surface area contributed by atoms with Crippen molar-refractivity contribution < 1.29 is 4.74 Å².